The average molecular weight is 441 g/mol. The number of hydrogen-bond acceptors (Lipinski definition) is 3. The standard InChI is InChI=1S/C27H40N2O3/c1-27(2,3)32-26(31)29-28-25(30)24-19-15-11-10-14-18-23(20-21-24)22-16-12-8-6-4-5-7-9-13-17-22/h10-11,14-15,18-22H,4-9,12-13,16-17H2,1-3H3,(H,28,30)(H,29,31). The van der Waals surface area contributed by atoms with Crippen LogP contribution in [0.3, 0.4) is 0 Å². The van der Waals surface area contributed by atoms with Crippen LogP contribution in [0, 0.1) is 0 Å². The van der Waals surface area contributed by atoms with Gasteiger partial charge in [0, 0.05) is 5.56 Å². The van der Waals surface area contributed by atoms with Gasteiger partial charge in [-0.1, -0.05) is 87.8 Å². The molecule has 1 aliphatic carbocycles. The van der Waals surface area contributed by atoms with Gasteiger partial charge in [0.1, 0.15) is 5.60 Å². The summed E-state index contributed by atoms with van der Waals surface area (Å²) >= 11 is 0. The number of rotatable bonds is 2. The Morgan fingerprint density at radius 2 is 1.31 bits per heavy atom. The molecule has 5 nitrogen and oxygen atoms in total. The van der Waals surface area contributed by atoms with Gasteiger partial charge in [-0.2, -0.15) is 0 Å². The molecular formula is C27H40N2O3. The quantitative estimate of drug-likeness (QED) is 0.488. The summed E-state index contributed by atoms with van der Waals surface area (Å²) in [6.07, 6.45) is 12.2. The lowest BCUT2D eigenvalue weighted by Gasteiger charge is -2.19. The summed E-state index contributed by atoms with van der Waals surface area (Å²) in [4.78, 5) is 24.5. The van der Waals surface area contributed by atoms with E-state index >= 15 is 0 Å². The van der Waals surface area contributed by atoms with E-state index in [9.17, 15) is 9.59 Å². The Labute approximate surface area is 193 Å². The van der Waals surface area contributed by atoms with Gasteiger partial charge < -0.3 is 4.74 Å². The van der Waals surface area contributed by atoms with Crippen LogP contribution in [0.2, 0.25) is 0 Å². The van der Waals surface area contributed by atoms with E-state index in [1.165, 1.54) is 69.8 Å². The molecule has 2 amide bonds. The second-order valence-electron chi connectivity index (χ2n) is 9.58. The third-order valence-electron chi connectivity index (χ3n) is 5.62. The first-order chi connectivity index (χ1) is 15.3. The normalized spacial score (nSPS) is 16.1. The highest BCUT2D eigenvalue weighted by Gasteiger charge is 2.17. The van der Waals surface area contributed by atoms with Crippen LogP contribution < -0.4 is 10.9 Å². The molecule has 0 spiro atoms. The molecule has 5 heteroatoms. The molecule has 1 aliphatic rings. The molecule has 0 aromatic heterocycles. The van der Waals surface area contributed by atoms with Crippen molar-refractivity contribution in [1.82, 2.24) is 10.9 Å². The van der Waals surface area contributed by atoms with Gasteiger partial charge in [0.25, 0.3) is 5.91 Å². The molecule has 1 fully saturated rings. The van der Waals surface area contributed by atoms with Gasteiger partial charge in [0.15, 0.2) is 0 Å². The fourth-order valence-electron chi connectivity index (χ4n) is 3.98. The third kappa shape index (κ3) is 10.7. The van der Waals surface area contributed by atoms with E-state index in [1.54, 1.807) is 26.8 Å². The molecule has 1 aromatic rings. The fourth-order valence-corrected chi connectivity index (χ4v) is 3.98. The number of carbonyl (C=O) groups is 2. The largest absolute Gasteiger partial charge is 0.443 e. The summed E-state index contributed by atoms with van der Waals surface area (Å²) in [5.41, 5.74) is 5.86. The van der Waals surface area contributed by atoms with Crippen molar-refractivity contribution in [2.45, 2.75) is 96.5 Å². The van der Waals surface area contributed by atoms with Crippen LogP contribution in [0.25, 0.3) is 0 Å². The second kappa shape index (κ2) is 13.8. The number of ether oxygens (including phenoxy) is 1. The van der Waals surface area contributed by atoms with Crippen LogP contribution in [0.15, 0.2) is 48.5 Å². The Hall–Kier alpha value is -2.56. The molecule has 0 unspecified atom stereocenters. The van der Waals surface area contributed by atoms with Crippen LogP contribution >= 0.6 is 0 Å². The summed E-state index contributed by atoms with van der Waals surface area (Å²) in [5, 5.41) is 0. The minimum Gasteiger partial charge on any atom is -0.443 e. The molecule has 0 aliphatic heterocycles. The van der Waals surface area contributed by atoms with Gasteiger partial charge in [-0.05, 0) is 57.2 Å². The highest BCUT2D eigenvalue weighted by Crippen LogP contribution is 2.29. The van der Waals surface area contributed by atoms with Crippen LogP contribution in [-0.4, -0.2) is 17.6 Å². The molecular weight excluding hydrogens is 400 g/mol. The average Bonchev–Trinajstić information content (AvgIpc) is 2.80. The van der Waals surface area contributed by atoms with Gasteiger partial charge in [0.2, 0.25) is 0 Å². The molecule has 2 N–H and O–H groups in total. The maximum Gasteiger partial charge on any atom is 0.426 e. The van der Waals surface area contributed by atoms with Crippen molar-refractivity contribution in [1.29, 1.82) is 0 Å². The second-order valence-corrected chi connectivity index (χ2v) is 9.58. The SMILES string of the molecule is CC(C)(C)OC(=O)NNC(=O)c1ccccccc(C2CCCCCCCCCC2)cc1. The van der Waals surface area contributed by atoms with E-state index in [0.717, 1.165) is 0 Å². The van der Waals surface area contributed by atoms with E-state index in [1.807, 2.05) is 24.3 Å². The molecule has 0 radical (unpaired) electrons. The predicted molar refractivity (Wildman–Crippen MR) is 130 cm³/mol. The number of nitrogens with one attached hydrogen (secondary N) is 2. The topological polar surface area (TPSA) is 67.4 Å². The minimum atomic E-state index is -0.688. The van der Waals surface area contributed by atoms with Gasteiger partial charge in [0.05, 0.1) is 0 Å². The molecule has 32 heavy (non-hydrogen) atoms. The van der Waals surface area contributed by atoms with E-state index in [2.05, 4.69) is 29.1 Å². The Morgan fingerprint density at radius 3 is 1.91 bits per heavy atom. The van der Waals surface area contributed by atoms with Crippen molar-refractivity contribution < 1.29 is 14.3 Å². The molecule has 0 saturated heterocycles. The maximum atomic E-state index is 12.7. The number of carbonyl (C=O) groups excluding carboxylic acids is 2. The van der Waals surface area contributed by atoms with E-state index < -0.39 is 11.7 Å². The zero-order chi connectivity index (χ0) is 23.2. The summed E-state index contributed by atoms with van der Waals surface area (Å²) in [6, 6.07) is 15.6. The van der Waals surface area contributed by atoms with Crippen molar-refractivity contribution in [3.8, 4) is 0 Å². The number of amides is 2. The summed E-state index contributed by atoms with van der Waals surface area (Å²) in [5.74, 6) is 0.115. The summed E-state index contributed by atoms with van der Waals surface area (Å²) in [6.45, 7) is 5.32. The number of hydrogen-bond donors (Lipinski definition) is 2. The zero-order valence-corrected chi connectivity index (χ0v) is 20.0. The van der Waals surface area contributed by atoms with Crippen molar-refractivity contribution >= 4 is 12.0 Å². The van der Waals surface area contributed by atoms with Crippen LogP contribution in [0.1, 0.15) is 107 Å². The van der Waals surface area contributed by atoms with E-state index in [4.69, 9.17) is 4.74 Å². The molecule has 1 saturated carbocycles. The first-order valence-electron chi connectivity index (χ1n) is 12.1. The molecule has 0 bridgehead atoms. The third-order valence-corrected chi connectivity index (χ3v) is 5.62. The molecule has 176 valence electrons. The molecule has 0 atom stereocenters. The van der Waals surface area contributed by atoms with Crippen molar-refractivity contribution in [2.75, 3.05) is 0 Å². The predicted octanol–water partition coefficient (Wildman–Crippen LogP) is 6.98. The Kier molecular flexibility index (Phi) is 11.1. The van der Waals surface area contributed by atoms with Crippen molar-refractivity contribution in [2.24, 2.45) is 0 Å². The lowest BCUT2D eigenvalue weighted by Crippen LogP contribution is -2.44. The number of hydrazine groups is 1. The molecule has 1 aromatic carbocycles. The van der Waals surface area contributed by atoms with E-state index in [-0.39, 0.29) is 5.91 Å². The molecule has 0 heterocycles. The van der Waals surface area contributed by atoms with Crippen LogP contribution in [0.4, 0.5) is 4.79 Å². The first kappa shape index (κ1) is 25.7. The van der Waals surface area contributed by atoms with Gasteiger partial charge in [-0.25, -0.2) is 10.2 Å². The van der Waals surface area contributed by atoms with Crippen molar-refractivity contribution in [3.63, 3.8) is 0 Å². The smallest absolute Gasteiger partial charge is 0.426 e. The Balaban J connectivity index is 2.17. The molecule has 2 rings (SSSR count). The van der Waals surface area contributed by atoms with Gasteiger partial charge in [-0.15, -0.1) is 0 Å². The first-order valence-corrected chi connectivity index (χ1v) is 12.1. The Bertz CT molecular complexity index is 772. The maximum absolute atomic E-state index is 12.7. The monoisotopic (exact) mass is 440 g/mol. The fraction of sp³-hybridized carbons (Fsp3) is 0.556. The zero-order valence-electron chi connectivity index (χ0n) is 20.0. The summed E-state index contributed by atoms with van der Waals surface area (Å²) < 4.78 is 5.17. The van der Waals surface area contributed by atoms with Crippen LogP contribution in [0.5, 0.6) is 0 Å². The van der Waals surface area contributed by atoms with Gasteiger partial charge in [-0.3, -0.25) is 10.2 Å². The highest BCUT2D eigenvalue weighted by molar-refractivity contribution is 5.94. The Morgan fingerprint density at radius 1 is 0.750 bits per heavy atom. The van der Waals surface area contributed by atoms with Crippen molar-refractivity contribution in [3.05, 3.63) is 59.7 Å². The lowest BCUT2D eigenvalue weighted by molar-refractivity contribution is 0.0483. The highest BCUT2D eigenvalue weighted by atomic mass is 16.6. The van der Waals surface area contributed by atoms with Crippen LogP contribution in [-0.2, 0) is 4.74 Å². The van der Waals surface area contributed by atoms with E-state index in [0.29, 0.717) is 11.5 Å². The lowest BCUT2D eigenvalue weighted by atomic mass is 9.89. The summed E-state index contributed by atoms with van der Waals surface area (Å²) in [7, 11) is 0. The minimum absolute atomic E-state index is 0.386. The van der Waals surface area contributed by atoms with Gasteiger partial charge >= 0.3 is 6.09 Å².